The minimum absolute atomic E-state index is 0.00442. The molecule has 262 valence electrons. The van der Waals surface area contributed by atoms with E-state index in [9.17, 15) is 33.6 Å². The molecule has 16 heteroatoms. The fourth-order valence-electron chi connectivity index (χ4n) is 4.79. The summed E-state index contributed by atoms with van der Waals surface area (Å²) in [6.07, 6.45) is 1.56. The van der Waals surface area contributed by atoms with Crippen molar-refractivity contribution in [2.24, 2.45) is 23.5 Å². The van der Waals surface area contributed by atoms with Gasteiger partial charge in [-0.2, -0.15) is 0 Å². The predicted molar refractivity (Wildman–Crippen MR) is 168 cm³/mol. The zero-order chi connectivity index (χ0) is 34.6. The summed E-state index contributed by atoms with van der Waals surface area (Å²) in [5.41, 5.74) is 5.04. The van der Waals surface area contributed by atoms with Crippen molar-refractivity contribution < 1.29 is 43.0 Å². The van der Waals surface area contributed by atoms with Crippen LogP contribution in [0.25, 0.3) is 0 Å². The average Bonchev–Trinajstić information content (AvgIpc) is 3.24. The normalized spacial score (nSPS) is 15.9. The van der Waals surface area contributed by atoms with E-state index in [0.717, 1.165) is 0 Å². The number of rotatable bonds is 23. The first-order valence-electron chi connectivity index (χ1n) is 15.9. The van der Waals surface area contributed by atoms with Gasteiger partial charge in [0.2, 0.25) is 35.4 Å². The van der Waals surface area contributed by atoms with Crippen molar-refractivity contribution in [2.75, 3.05) is 53.1 Å². The SMILES string of the molecule is CNC(=O)[C@H](CCCNC(N)=O)NC(=O)[C@@H](NC(=O)CCOCCOCCNC(=O)CCN1C(=O)CC(CC(C)C)C1=O)C(C)C. The zero-order valence-corrected chi connectivity index (χ0v) is 27.8. The van der Waals surface area contributed by atoms with Crippen LogP contribution >= 0.6 is 0 Å². The summed E-state index contributed by atoms with van der Waals surface area (Å²) in [7, 11) is 1.45. The van der Waals surface area contributed by atoms with Crippen LogP contribution in [-0.4, -0.2) is 112 Å². The van der Waals surface area contributed by atoms with Crippen LogP contribution in [0.4, 0.5) is 4.79 Å². The summed E-state index contributed by atoms with van der Waals surface area (Å²) in [5, 5.41) is 13.0. The van der Waals surface area contributed by atoms with Gasteiger partial charge in [0.05, 0.1) is 26.4 Å². The Labute approximate surface area is 271 Å². The third-order valence-electron chi connectivity index (χ3n) is 7.18. The number of hydrogen-bond donors (Lipinski definition) is 6. The lowest BCUT2D eigenvalue weighted by Crippen LogP contribution is -2.55. The number of hydrogen-bond acceptors (Lipinski definition) is 9. The first kappa shape index (κ1) is 40.2. The fraction of sp³-hybridized carbons (Fsp3) is 0.767. The standard InChI is InChI=1S/C30H53N7O9/c1-19(2)17-21-18-25(40)37(29(21)43)12-8-23(38)33-11-14-46-16-15-45-13-9-24(39)36-26(20(3)4)28(42)35-22(27(41)32-5)7-6-10-34-30(31)44/h19-22,26H,6-18H2,1-5H3,(H,32,41)(H,33,38)(H,35,42)(H,36,39)(H3,31,34,44)/t21?,22-,26-/m0/s1. The molecule has 0 aliphatic carbocycles. The highest BCUT2D eigenvalue weighted by Gasteiger charge is 2.38. The Morgan fingerprint density at radius 2 is 1.54 bits per heavy atom. The summed E-state index contributed by atoms with van der Waals surface area (Å²) in [5.74, 6) is -2.26. The molecule has 3 atom stereocenters. The van der Waals surface area contributed by atoms with Crippen LogP contribution in [0.1, 0.15) is 66.2 Å². The Bertz CT molecular complexity index is 1040. The van der Waals surface area contributed by atoms with Crippen molar-refractivity contribution in [1.82, 2.24) is 31.5 Å². The lowest BCUT2D eigenvalue weighted by molar-refractivity contribution is -0.140. The highest BCUT2D eigenvalue weighted by Crippen LogP contribution is 2.25. The second-order valence-electron chi connectivity index (χ2n) is 11.9. The van der Waals surface area contributed by atoms with Crippen molar-refractivity contribution in [1.29, 1.82) is 0 Å². The molecule has 16 nitrogen and oxygen atoms in total. The first-order chi connectivity index (χ1) is 21.8. The minimum Gasteiger partial charge on any atom is -0.379 e. The van der Waals surface area contributed by atoms with E-state index in [2.05, 4.69) is 26.6 Å². The molecule has 0 saturated carbocycles. The summed E-state index contributed by atoms with van der Waals surface area (Å²) in [6.45, 7) is 8.88. The Balaban J connectivity index is 2.24. The molecule has 0 spiro atoms. The van der Waals surface area contributed by atoms with E-state index in [-0.39, 0.29) is 101 Å². The number of likely N-dealkylation sites (tertiary alicyclic amines) is 1. The summed E-state index contributed by atoms with van der Waals surface area (Å²) < 4.78 is 10.9. The van der Waals surface area contributed by atoms with Gasteiger partial charge in [-0.25, -0.2) is 4.79 Å². The van der Waals surface area contributed by atoms with Crippen molar-refractivity contribution >= 4 is 41.5 Å². The molecule has 0 bridgehead atoms. The number of urea groups is 1. The van der Waals surface area contributed by atoms with E-state index < -0.39 is 35.8 Å². The highest BCUT2D eigenvalue weighted by atomic mass is 16.5. The van der Waals surface area contributed by atoms with Gasteiger partial charge in [-0.3, -0.25) is 33.7 Å². The highest BCUT2D eigenvalue weighted by molar-refractivity contribution is 6.03. The second kappa shape index (κ2) is 21.9. The van der Waals surface area contributed by atoms with Crippen LogP contribution in [0, 0.1) is 17.8 Å². The van der Waals surface area contributed by atoms with Crippen molar-refractivity contribution in [3.05, 3.63) is 0 Å². The number of amides is 8. The van der Waals surface area contributed by atoms with Crippen molar-refractivity contribution in [3.63, 3.8) is 0 Å². The van der Waals surface area contributed by atoms with Crippen LogP contribution in [0.15, 0.2) is 0 Å². The molecule has 46 heavy (non-hydrogen) atoms. The summed E-state index contributed by atoms with van der Waals surface area (Å²) in [4.78, 5) is 86.3. The van der Waals surface area contributed by atoms with Gasteiger partial charge in [0, 0.05) is 51.9 Å². The number of primary amides is 1. The van der Waals surface area contributed by atoms with E-state index in [1.54, 1.807) is 13.8 Å². The molecule has 1 heterocycles. The Morgan fingerprint density at radius 1 is 0.870 bits per heavy atom. The van der Waals surface area contributed by atoms with Gasteiger partial charge in [-0.15, -0.1) is 0 Å². The van der Waals surface area contributed by atoms with Gasteiger partial charge < -0.3 is 41.8 Å². The van der Waals surface area contributed by atoms with E-state index in [4.69, 9.17) is 15.2 Å². The summed E-state index contributed by atoms with van der Waals surface area (Å²) in [6, 6.07) is -2.41. The van der Waals surface area contributed by atoms with Gasteiger partial charge >= 0.3 is 6.03 Å². The van der Waals surface area contributed by atoms with Crippen molar-refractivity contribution in [2.45, 2.75) is 78.3 Å². The van der Waals surface area contributed by atoms with Crippen LogP contribution < -0.4 is 32.3 Å². The van der Waals surface area contributed by atoms with E-state index in [1.807, 2.05) is 13.8 Å². The van der Waals surface area contributed by atoms with Crippen LogP contribution in [0.5, 0.6) is 0 Å². The maximum atomic E-state index is 12.9. The second-order valence-corrected chi connectivity index (χ2v) is 11.9. The van der Waals surface area contributed by atoms with E-state index >= 15 is 0 Å². The number of nitrogens with zero attached hydrogens (tertiary/aromatic N) is 1. The molecule has 1 aliphatic rings. The van der Waals surface area contributed by atoms with Gasteiger partial charge in [0.1, 0.15) is 12.1 Å². The quantitative estimate of drug-likeness (QED) is 0.0595. The number of carbonyl (C=O) groups excluding carboxylic acids is 7. The molecule has 0 radical (unpaired) electrons. The van der Waals surface area contributed by atoms with E-state index in [1.165, 1.54) is 11.9 Å². The Morgan fingerprint density at radius 3 is 2.15 bits per heavy atom. The topological polar surface area (TPSA) is 227 Å². The average molecular weight is 656 g/mol. The van der Waals surface area contributed by atoms with E-state index in [0.29, 0.717) is 18.8 Å². The number of ether oxygens (including phenoxy) is 2. The number of nitrogens with two attached hydrogens (primary N) is 1. The van der Waals surface area contributed by atoms with Gasteiger partial charge in [0.15, 0.2) is 0 Å². The lowest BCUT2D eigenvalue weighted by atomic mass is 9.96. The lowest BCUT2D eigenvalue weighted by Gasteiger charge is -2.25. The first-order valence-corrected chi connectivity index (χ1v) is 15.9. The van der Waals surface area contributed by atoms with Crippen molar-refractivity contribution in [3.8, 4) is 0 Å². The monoisotopic (exact) mass is 655 g/mol. The molecule has 1 fully saturated rings. The minimum atomic E-state index is -0.875. The fourth-order valence-corrected chi connectivity index (χ4v) is 4.79. The molecule has 0 aromatic heterocycles. The maximum absolute atomic E-state index is 12.9. The van der Waals surface area contributed by atoms with Crippen LogP contribution in [-0.2, 0) is 38.2 Å². The Kier molecular flexibility index (Phi) is 19.1. The molecule has 7 N–H and O–H groups in total. The molecule has 1 saturated heterocycles. The molecular formula is C30H53N7O9. The molecule has 1 rings (SSSR count). The van der Waals surface area contributed by atoms with Gasteiger partial charge in [0.25, 0.3) is 0 Å². The van der Waals surface area contributed by atoms with Gasteiger partial charge in [-0.1, -0.05) is 27.7 Å². The number of nitrogens with one attached hydrogen (secondary N) is 5. The molecule has 8 amide bonds. The molecule has 0 aromatic carbocycles. The molecule has 1 unspecified atom stereocenters. The van der Waals surface area contributed by atoms with Crippen LogP contribution in [0.2, 0.25) is 0 Å². The summed E-state index contributed by atoms with van der Waals surface area (Å²) >= 11 is 0. The number of likely N-dealkylation sites (N-methyl/N-ethyl adjacent to an activating group) is 1. The smallest absolute Gasteiger partial charge is 0.312 e. The Hall–Kier alpha value is -3.79. The number of imide groups is 1. The molecule has 1 aliphatic heterocycles. The molecule has 0 aromatic rings. The number of carbonyl (C=O) groups is 7. The third-order valence-corrected chi connectivity index (χ3v) is 7.18. The van der Waals surface area contributed by atoms with Gasteiger partial charge in [-0.05, 0) is 31.1 Å². The predicted octanol–water partition coefficient (Wildman–Crippen LogP) is -0.843. The third kappa shape index (κ3) is 16.0. The van der Waals surface area contributed by atoms with Crippen LogP contribution in [0.3, 0.4) is 0 Å². The zero-order valence-electron chi connectivity index (χ0n) is 27.8. The largest absolute Gasteiger partial charge is 0.379 e. The molecular weight excluding hydrogens is 602 g/mol. The maximum Gasteiger partial charge on any atom is 0.312 e.